The molecule has 1 aromatic carbocycles. The number of hydrogen-bond donors (Lipinski definition) is 1. The van der Waals surface area contributed by atoms with E-state index in [-0.39, 0.29) is 0 Å². The topological polar surface area (TPSA) is 42.2 Å². The Morgan fingerprint density at radius 2 is 2.21 bits per heavy atom. The van der Waals surface area contributed by atoms with E-state index in [9.17, 15) is 0 Å². The molecule has 0 saturated carbocycles. The first kappa shape index (κ1) is 11.7. The highest BCUT2D eigenvalue weighted by atomic mass is 15.2. The molecule has 3 rings (SSSR count). The number of rotatable bonds is 1. The summed E-state index contributed by atoms with van der Waals surface area (Å²) >= 11 is 0. The molecule has 0 saturated heterocycles. The summed E-state index contributed by atoms with van der Waals surface area (Å²) in [5, 5.41) is 12.3. The van der Waals surface area contributed by atoms with Crippen LogP contribution >= 0.6 is 0 Å². The monoisotopic (exact) mass is 250 g/mol. The molecule has 0 bridgehead atoms. The van der Waals surface area contributed by atoms with Gasteiger partial charge in [-0.2, -0.15) is 0 Å². The molecule has 0 aliphatic carbocycles. The van der Waals surface area contributed by atoms with Crippen LogP contribution in [0.1, 0.15) is 11.1 Å². The van der Waals surface area contributed by atoms with Crippen LogP contribution in [0.4, 0.5) is 0 Å². The average Bonchev–Trinajstić information content (AvgIpc) is 2.87. The quantitative estimate of drug-likeness (QED) is 0.669. The Labute approximate surface area is 111 Å². The predicted molar refractivity (Wildman–Crippen MR) is 76.0 cm³/mol. The molecule has 0 amide bonds. The van der Waals surface area contributed by atoms with Gasteiger partial charge in [-0.3, -0.25) is 4.40 Å². The number of aromatic nitrogens is 3. The van der Waals surface area contributed by atoms with E-state index in [1.54, 1.807) is 6.33 Å². The molecule has 94 valence electrons. The third-order valence-electron chi connectivity index (χ3n) is 3.10. The highest BCUT2D eigenvalue weighted by Gasteiger charge is 2.05. The molecule has 19 heavy (non-hydrogen) atoms. The van der Waals surface area contributed by atoms with Crippen molar-refractivity contribution >= 4 is 16.6 Å². The first-order valence-corrected chi connectivity index (χ1v) is 6.16. The van der Waals surface area contributed by atoms with E-state index < -0.39 is 0 Å². The van der Waals surface area contributed by atoms with E-state index in [1.165, 1.54) is 10.9 Å². The van der Waals surface area contributed by atoms with Crippen LogP contribution in [0, 0.1) is 18.8 Å². The normalized spacial score (nSPS) is 10.6. The van der Waals surface area contributed by atoms with E-state index in [0.717, 1.165) is 16.7 Å². The van der Waals surface area contributed by atoms with Gasteiger partial charge in [-0.15, -0.1) is 10.2 Å². The lowest BCUT2D eigenvalue weighted by Crippen LogP contribution is -2.04. The van der Waals surface area contributed by atoms with Crippen molar-refractivity contribution in [1.29, 1.82) is 0 Å². The summed E-state index contributed by atoms with van der Waals surface area (Å²) in [7, 11) is 1.89. The molecule has 4 heteroatoms. The van der Waals surface area contributed by atoms with Gasteiger partial charge in [0.1, 0.15) is 6.33 Å². The van der Waals surface area contributed by atoms with Crippen molar-refractivity contribution in [3.05, 3.63) is 41.7 Å². The fraction of sp³-hybridized carbons (Fsp3) is 0.200. The van der Waals surface area contributed by atoms with Gasteiger partial charge in [-0.25, -0.2) is 0 Å². The maximum atomic E-state index is 4.10. The van der Waals surface area contributed by atoms with Crippen LogP contribution in [0.25, 0.3) is 16.6 Å². The minimum atomic E-state index is 0.688. The van der Waals surface area contributed by atoms with Crippen LogP contribution in [0.15, 0.2) is 30.6 Å². The lowest BCUT2D eigenvalue weighted by Gasteiger charge is -2.05. The summed E-state index contributed by atoms with van der Waals surface area (Å²) in [6.07, 6.45) is 1.74. The van der Waals surface area contributed by atoms with Crippen molar-refractivity contribution < 1.29 is 0 Å². The average molecular weight is 250 g/mol. The number of benzene rings is 1. The molecule has 0 radical (unpaired) electrons. The van der Waals surface area contributed by atoms with Gasteiger partial charge in [0.25, 0.3) is 0 Å². The maximum Gasteiger partial charge on any atom is 0.161 e. The zero-order valence-corrected chi connectivity index (χ0v) is 10.9. The van der Waals surface area contributed by atoms with Gasteiger partial charge in [0.2, 0.25) is 0 Å². The minimum Gasteiger partial charge on any atom is -0.309 e. The van der Waals surface area contributed by atoms with E-state index in [2.05, 4.69) is 46.4 Å². The lowest BCUT2D eigenvalue weighted by atomic mass is 10.1. The van der Waals surface area contributed by atoms with Gasteiger partial charge >= 0.3 is 0 Å². The second-order valence-corrected chi connectivity index (χ2v) is 4.45. The Morgan fingerprint density at radius 1 is 1.32 bits per heavy atom. The van der Waals surface area contributed by atoms with Gasteiger partial charge in [0.15, 0.2) is 5.65 Å². The number of fused-ring (bicyclic) bond motifs is 3. The van der Waals surface area contributed by atoms with Gasteiger partial charge < -0.3 is 5.32 Å². The van der Waals surface area contributed by atoms with E-state index in [4.69, 9.17) is 0 Å². The summed E-state index contributed by atoms with van der Waals surface area (Å²) < 4.78 is 1.99. The Bertz CT molecular complexity index is 805. The summed E-state index contributed by atoms with van der Waals surface area (Å²) in [6, 6.07) is 8.28. The Balaban J connectivity index is 2.24. The maximum absolute atomic E-state index is 4.10. The fourth-order valence-corrected chi connectivity index (χ4v) is 2.18. The molecular formula is C15H14N4. The molecule has 1 N–H and O–H groups in total. The van der Waals surface area contributed by atoms with Crippen molar-refractivity contribution in [1.82, 2.24) is 19.9 Å². The van der Waals surface area contributed by atoms with Gasteiger partial charge in [0, 0.05) is 10.9 Å². The zero-order chi connectivity index (χ0) is 13.2. The zero-order valence-electron chi connectivity index (χ0n) is 10.9. The van der Waals surface area contributed by atoms with Crippen LogP contribution in [-0.2, 0) is 0 Å². The number of aryl methyl sites for hydroxylation is 1. The van der Waals surface area contributed by atoms with Crippen molar-refractivity contribution in [3.8, 4) is 11.8 Å². The first-order valence-electron chi connectivity index (χ1n) is 6.16. The minimum absolute atomic E-state index is 0.688. The fourth-order valence-electron chi connectivity index (χ4n) is 2.18. The van der Waals surface area contributed by atoms with E-state index >= 15 is 0 Å². The van der Waals surface area contributed by atoms with Crippen molar-refractivity contribution in [2.24, 2.45) is 0 Å². The van der Waals surface area contributed by atoms with Crippen LogP contribution in [0.3, 0.4) is 0 Å². The van der Waals surface area contributed by atoms with Gasteiger partial charge in [0.05, 0.1) is 12.1 Å². The van der Waals surface area contributed by atoms with Crippen molar-refractivity contribution in [2.45, 2.75) is 6.92 Å². The van der Waals surface area contributed by atoms with Gasteiger partial charge in [-0.05, 0) is 37.7 Å². The van der Waals surface area contributed by atoms with Crippen LogP contribution in [0.5, 0.6) is 0 Å². The smallest absolute Gasteiger partial charge is 0.161 e. The Kier molecular flexibility index (Phi) is 2.90. The van der Waals surface area contributed by atoms with Crippen molar-refractivity contribution in [2.75, 3.05) is 13.6 Å². The Morgan fingerprint density at radius 3 is 3.05 bits per heavy atom. The first-order chi connectivity index (χ1) is 9.29. The van der Waals surface area contributed by atoms with Gasteiger partial charge in [-0.1, -0.05) is 17.9 Å². The SMILES string of the molecule is CNCC#Cc1ccc2c(C)cc3nncn3c2c1. The highest BCUT2D eigenvalue weighted by molar-refractivity contribution is 5.86. The van der Waals surface area contributed by atoms with Crippen LogP contribution in [-0.4, -0.2) is 28.2 Å². The molecule has 4 nitrogen and oxygen atoms in total. The van der Waals surface area contributed by atoms with Crippen molar-refractivity contribution in [3.63, 3.8) is 0 Å². The summed E-state index contributed by atoms with van der Waals surface area (Å²) in [4.78, 5) is 0. The summed E-state index contributed by atoms with van der Waals surface area (Å²) in [6.45, 7) is 2.78. The number of hydrogen-bond acceptors (Lipinski definition) is 3. The molecule has 2 aromatic heterocycles. The molecule has 0 unspecified atom stereocenters. The molecule has 2 heterocycles. The third-order valence-corrected chi connectivity index (χ3v) is 3.10. The molecule has 0 atom stereocenters. The van der Waals surface area contributed by atoms with Crippen LogP contribution < -0.4 is 5.32 Å². The standard InChI is InChI=1S/C15H14N4/c1-11-8-15-18-17-10-19(15)14-9-12(4-3-7-16-2)5-6-13(11)14/h5-6,8-10,16H,7H2,1-2H3. The molecule has 0 aliphatic heterocycles. The molecule has 0 spiro atoms. The molecular weight excluding hydrogens is 236 g/mol. The summed E-state index contributed by atoms with van der Waals surface area (Å²) in [5.41, 5.74) is 4.16. The number of pyridine rings is 1. The number of nitrogens with zero attached hydrogens (tertiary/aromatic N) is 3. The molecule has 0 aliphatic rings. The molecule has 3 aromatic rings. The summed E-state index contributed by atoms with van der Waals surface area (Å²) in [5.74, 6) is 6.22. The largest absolute Gasteiger partial charge is 0.309 e. The second kappa shape index (κ2) is 4.71. The van der Waals surface area contributed by atoms with E-state index in [1.807, 2.05) is 23.6 Å². The molecule has 0 fully saturated rings. The van der Waals surface area contributed by atoms with E-state index in [0.29, 0.717) is 6.54 Å². The van der Waals surface area contributed by atoms with Crippen LogP contribution in [0.2, 0.25) is 0 Å². The third kappa shape index (κ3) is 2.05. The Hall–Kier alpha value is -2.38. The predicted octanol–water partition coefficient (Wildman–Crippen LogP) is 1.76. The number of nitrogens with one attached hydrogen (secondary N) is 1. The highest BCUT2D eigenvalue weighted by Crippen LogP contribution is 2.21. The second-order valence-electron chi connectivity index (χ2n) is 4.45. The lowest BCUT2D eigenvalue weighted by molar-refractivity contribution is 0.938.